The summed E-state index contributed by atoms with van der Waals surface area (Å²) in [6.45, 7) is 5.95. The molecule has 25 heavy (non-hydrogen) atoms. The Morgan fingerprint density at radius 3 is 2.68 bits per heavy atom. The molecule has 2 saturated heterocycles. The molecule has 2 N–H and O–H groups in total. The predicted octanol–water partition coefficient (Wildman–Crippen LogP) is 2.28. The number of ether oxygens (including phenoxy) is 1. The maximum atomic E-state index is 5.64. The van der Waals surface area contributed by atoms with Gasteiger partial charge in [-0.05, 0) is 50.9 Å². The van der Waals surface area contributed by atoms with E-state index in [2.05, 4.69) is 38.2 Å². The zero-order chi connectivity index (χ0) is 16.8. The summed E-state index contributed by atoms with van der Waals surface area (Å²) < 4.78 is 5.64. The molecule has 3 heterocycles. The topological polar surface area (TPSA) is 55.9 Å². The van der Waals surface area contributed by atoms with Crippen molar-refractivity contribution in [3.63, 3.8) is 0 Å². The molecule has 2 aliphatic heterocycles. The number of halogens is 1. The van der Waals surface area contributed by atoms with Gasteiger partial charge in [0.2, 0.25) is 0 Å². The Morgan fingerprint density at radius 1 is 1.36 bits per heavy atom. The van der Waals surface area contributed by atoms with Gasteiger partial charge in [-0.15, -0.1) is 24.0 Å². The summed E-state index contributed by atoms with van der Waals surface area (Å²) in [4.78, 5) is 12.6. The summed E-state index contributed by atoms with van der Waals surface area (Å²) in [5, 5.41) is 3.63. The first-order valence-electron chi connectivity index (χ1n) is 9.10. The fourth-order valence-corrected chi connectivity index (χ4v) is 3.97. The average Bonchev–Trinajstić information content (AvgIpc) is 3.30. The van der Waals surface area contributed by atoms with Gasteiger partial charge in [-0.1, -0.05) is 0 Å². The standard InChI is InChI=1S/C18H31N5O.HI/c1-19-17(22(2)14-16-6-5-9-20-16)21-15-18(7-12-24-13-8-18)23-10-3-4-11-23;/h5-6,9,20H,3-4,7-8,10-15H2,1-2H3,(H,19,21);1H. The van der Waals surface area contributed by atoms with Crippen LogP contribution >= 0.6 is 24.0 Å². The van der Waals surface area contributed by atoms with Crippen LogP contribution in [0.3, 0.4) is 0 Å². The highest BCUT2D eigenvalue weighted by Crippen LogP contribution is 2.30. The van der Waals surface area contributed by atoms with Gasteiger partial charge in [0.1, 0.15) is 0 Å². The van der Waals surface area contributed by atoms with Gasteiger partial charge in [0, 0.05) is 51.3 Å². The highest BCUT2D eigenvalue weighted by atomic mass is 127. The van der Waals surface area contributed by atoms with Crippen LogP contribution in [0.2, 0.25) is 0 Å². The molecule has 0 spiro atoms. The largest absolute Gasteiger partial charge is 0.381 e. The van der Waals surface area contributed by atoms with E-state index in [1.54, 1.807) is 0 Å². The van der Waals surface area contributed by atoms with Crippen molar-refractivity contribution in [2.24, 2.45) is 4.99 Å². The molecule has 1 aromatic rings. The number of nitrogens with zero attached hydrogens (tertiary/aromatic N) is 3. The lowest BCUT2D eigenvalue weighted by molar-refractivity contribution is -0.0166. The molecule has 0 atom stereocenters. The van der Waals surface area contributed by atoms with E-state index in [1.165, 1.54) is 31.6 Å². The Balaban J connectivity index is 0.00000225. The SMILES string of the molecule is CN=C(NCC1(N2CCCC2)CCOCC1)N(C)Cc1ccc[nH]1.I. The second-order valence-electron chi connectivity index (χ2n) is 6.98. The van der Waals surface area contributed by atoms with E-state index in [-0.39, 0.29) is 29.5 Å². The number of aromatic nitrogens is 1. The van der Waals surface area contributed by atoms with Crippen molar-refractivity contribution < 1.29 is 4.74 Å². The van der Waals surface area contributed by atoms with Crippen molar-refractivity contribution in [2.75, 3.05) is 46.9 Å². The molecule has 0 amide bonds. The van der Waals surface area contributed by atoms with Crippen molar-refractivity contribution >= 4 is 29.9 Å². The van der Waals surface area contributed by atoms with Crippen molar-refractivity contribution in [2.45, 2.75) is 37.8 Å². The highest BCUT2D eigenvalue weighted by Gasteiger charge is 2.39. The third kappa shape index (κ3) is 5.10. The van der Waals surface area contributed by atoms with Crippen LogP contribution in [-0.4, -0.2) is 73.2 Å². The summed E-state index contributed by atoms with van der Waals surface area (Å²) in [7, 11) is 3.95. The van der Waals surface area contributed by atoms with Crippen LogP contribution in [0.25, 0.3) is 0 Å². The molecule has 2 aliphatic rings. The van der Waals surface area contributed by atoms with E-state index >= 15 is 0 Å². The predicted molar refractivity (Wildman–Crippen MR) is 113 cm³/mol. The molecule has 0 radical (unpaired) electrons. The van der Waals surface area contributed by atoms with Gasteiger partial charge in [-0.3, -0.25) is 9.89 Å². The molecule has 0 aromatic carbocycles. The first-order chi connectivity index (χ1) is 11.7. The minimum atomic E-state index is 0. The van der Waals surface area contributed by atoms with Crippen LogP contribution in [0.15, 0.2) is 23.3 Å². The molecule has 1 aromatic heterocycles. The molecule has 0 bridgehead atoms. The van der Waals surface area contributed by atoms with Gasteiger partial charge in [0.05, 0.1) is 6.54 Å². The van der Waals surface area contributed by atoms with Gasteiger partial charge < -0.3 is 19.9 Å². The molecular formula is C18H32IN5O. The Hall–Kier alpha value is -0.800. The number of aromatic amines is 1. The Morgan fingerprint density at radius 2 is 2.08 bits per heavy atom. The number of hydrogen-bond acceptors (Lipinski definition) is 3. The number of rotatable bonds is 5. The van der Waals surface area contributed by atoms with Crippen LogP contribution in [-0.2, 0) is 11.3 Å². The summed E-state index contributed by atoms with van der Waals surface area (Å²) in [5.41, 5.74) is 1.42. The van der Waals surface area contributed by atoms with Crippen LogP contribution in [0.1, 0.15) is 31.4 Å². The molecule has 0 saturated carbocycles. The molecule has 6 nitrogen and oxygen atoms in total. The van der Waals surface area contributed by atoms with Crippen LogP contribution in [0, 0.1) is 0 Å². The summed E-state index contributed by atoms with van der Waals surface area (Å²) >= 11 is 0. The molecule has 3 rings (SSSR count). The van der Waals surface area contributed by atoms with Crippen molar-refractivity contribution in [3.8, 4) is 0 Å². The van der Waals surface area contributed by atoms with E-state index in [0.29, 0.717) is 0 Å². The van der Waals surface area contributed by atoms with E-state index in [4.69, 9.17) is 4.74 Å². The van der Waals surface area contributed by atoms with Crippen LogP contribution in [0.4, 0.5) is 0 Å². The number of guanidine groups is 1. The second-order valence-corrected chi connectivity index (χ2v) is 6.98. The van der Waals surface area contributed by atoms with Gasteiger partial charge in [0.25, 0.3) is 0 Å². The number of aliphatic imine (C=N–C) groups is 1. The lowest BCUT2D eigenvalue weighted by atomic mass is 9.88. The normalized spacial score (nSPS) is 21.0. The summed E-state index contributed by atoms with van der Waals surface area (Å²) in [5.74, 6) is 0.953. The minimum Gasteiger partial charge on any atom is -0.381 e. The van der Waals surface area contributed by atoms with Gasteiger partial charge in [-0.25, -0.2) is 0 Å². The number of hydrogen-bond donors (Lipinski definition) is 2. The third-order valence-corrected chi connectivity index (χ3v) is 5.42. The van der Waals surface area contributed by atoms with Crippen molar-refractivity contribution in [1.29, 1.82) is 0 Å². The first-order valence-corrected chi connectivity index (χ1v) is 9.10. The molecule has 7 heteroatoms. The fourth-order valence-electron chi connectivity index (χ4n) is 3.97. The Kier molecular flexibility index (Phi) is 8.02. The van der Waals surface area contributed by atoms with Gasteiger partial charge >= 0.3 is 0 Å². The third-order valence-electron chi connectivity index (χ3n) is 5.42. The highest BCUT2D eigenvalue weighted by molar-refractivity contribution is 14.0. The lowest BCUT2D eigenvalue weighted by Gasteiger charge is -2.45. The first kappa shape index (κ1) is 20.5. The minimum absolute atomic E-state index is 0. The quantitative estimate of drug-likeness (QED) is 0.402. The van der Waals surface area contributed by atoms with E-state index < -0.39 is 0 Å². The van der Waals surface area contributed by atoms with Crippen molar-refractivity contribution in [3.05, 3.63) is 24.0 Å². The van der Waals surface area contributed by atoms with Crippen LogP contribution < -0.4 is 5.32 Å². The lowest BCUT2D eigenvalue weighted by Crippen LogP contribution is -2.58. The zero-order valence-corrected chi connectivity index (χ0v) is 17.8. The van der Waals surface area contributed by atoms with Gasteiger partial charge in [0.15, 0.2) is 5.96 Å². The van der Waals surface area contributed by atoms with E-state index in [1.807, 2.05) is 19.3 Å². The number of likely N-dealkylation sites (tertiary alicyclic amines) is 1. The van der Waals surface area contributed by atoms with E-state index in [0.717, 1.165) is 45.1 Å². The Labute approximate surface area is 168 Å². The average molecular weight is 461 g/mol. The molecule has 0 unspecified atom stereocenters. The summed E-state index contributed by atoms with van der Waals surface area (Å²) in [6.07, 6.45) is 6.83. The molecular weight excluding hydrogens is 429 g/mol. The number of H-pyrrole nitrogens is 1. The molecule has 2 fully saturated rings. The zero-order valence-electron chi connectivity index (χ0n) is 15.5. The molecule has 142 valence electrons. The van der Waals surface area contributed by atoms with Crippen LogP contribution in [0.5, 0.6) is 0 Å². The van der Waals surface area contributed by atoms with E-state index in [9.17, 15) is 0 Å². The smallest absolute Gasteiger partial charge is 0.193 e. The maximum Gasteiger partial charge on any atom is 0.193 e. The molecule has 0 aliphatic carbocycles. The monoisotopic (exact) mass is 461 g/mol. The van der Waals surface area contributed by atoms with Gasteiger partial charge in [-0.2, -0.15) is 0 Å². The summed E-state index contributed by atoms with van der Waals surface area (Å²) in [6, 6.07) is 4.14. The second kappa shape index (κ2) is 9.78. The van der Waals surface area contributed by atoms with Crippen molar-refractivity contribution in [1.82, 2.24) is 20.1 Å². The Bertz CT molecular complexity index is 522. The fraction of sp³-hybridized carbons (Fsp3) is 0.722. The maximum absolute atomic E-state index is 5.64. The number of nitrogens with one attached hydrogen (secondary N) is 2.